The number of aliphatic hydroxyl groups is 1. The van der Waals surface area contributed by atoms with E-state index in [1.165, 1.54) is 24.3 Å². The Labute approximate surface area is 132 Å². The van der Waals surface area contributed by atoms with Crippen molar-refractivity contribution >= 4 is 11.6 Å². The highest BCUT2D eigenvalue weighted by molar-refractivity contribution is 6.04. The highest BCUT2D eigenvalue weighted by atomic mass is 19.1. The van der Waals surface area contributed by atoms with Gasteiger partial charge in [0.25, 0.3) is 5.91 Å². The number of aliphatic hydroxyl groups excluding tert-OH is 1. The predicted molar refractivity (Wildman–Crippen MR) is 84.4 cm³/mol. The van der Waals surface area contributed by atoms with Crippen LogP contribution in [0.15, 0.2) is 65.1 Å². The van der Waals surface area contributed by atoms with Crippen LogP contribution >= 0.6 is 0 Å². The summed E-state index contributed by atoms with van der Waals surface area (Å²) >= 11 is 0. The smallest absolute Gasteiger partial charge is 0.255 e. The number of furan rings is 1. The van der Waals surface area contributed by atoms with Crippen LogP contribution in [-0.4, -0.2) is 11.0 Å². The molecule has 0 aliphatic carbocycles. The fraction of sp³-hybridized carbons (Fsp3) is 0.0556. The third-order valence-electron chi connectivity index (χ3n) is 3.33. The fourth-order valence-corrected chi connectivity index (χ4v) is 2.17. The molecule has 3 rings (SSSR count). The minimum Gasteiger partial charge on any atom is -0.459 e. The van der Waals surface area contributed by atoms with Crippen LogP contribution < -0.4 is 5.32 Å². The molecular weight excluding hydrogens is 297 g/mol. The van der Waals surface area contributed by atoms with Crippen molar-refractivity contribution in [1.29, 1.82) is 0 Å². The van der Waals surface area contributed by atoms with E-state index in [4.69, 9.17) is 9.52 Å². The summed E-state index contributed by atoms with van der Waals surface area (Å²) in [6, 6.07) is 15.9. The lowest BCUT2D eigenvalue weighted by Gasteiger charge is -2.06. The van der Waals surface area contributed by atoms with E-state index in [0.717, 1.165) is 5.56 Å². The van der Waals surface area contributed by atoms with E-state index in [2.05, 4.69) is 5.32 Å². The van der Waals surface area contributed by atoms with E-state index in [1.807, 2.05) is 6.07 Å². The van der Waals surface area contributed by atoms with Gasteiger partial charge < -0.3 is 14.8 Å². The third kappa shape index (κ3) is 3.46. The fourth-order valence-electron chi connectivity index (χ4n) is 2.17. The molecule has 116 valence electrons. The molecule has 5 heteroatoms. The monoisotopic (exact) mass is 311 g/mol. The van der Waals surface area contributed by atoms with Crippen molar-refractivity contribution in [3.63, 3.8) is 0 Å². The van der Waals surface area contributed by atoms with Gasteiger partial charge in [-0.05, 0) is 48.5 Å². The summed E-state index contributed by atoms with van der Waals surface area (Å²) in [6.07, 6.45) is 0. The van der Waals surface area contributed by atoms with Crippen LogP contribution in [0.4, 0.5) is 10.1 Å². The highest BCUT2D eigenvalue weighted by Crippen LogP contribution is 2.25. The molecule has 0 fully saturated rings. The first-order valence-electron chi connectivity index (χ1n) is 7.02. The van der Waals surface area contributed by atoms with Crippen molar-refractivity contribution in [3.8, 4) is 11.3 Å². The molecule has 4 nitrogen and oxygen atoms in total. The van der Waals surface area contributed by atoms with E-state index >= 15 is 0 Å². The molecular formula is C18H14FNO3. The SMILES string of the molecule is O=C(Nc1cccc(-c2ccc(CO)o2)c1)c1ccc(F)cc1. The molecule has 0 bridgehead atoms. The van der Waals surface area contributed by atoms with Crippen LogP contribution in [0.3, 0.4) is 0 Å². The Hall–Kier alpha value is -2.92. The van der Waals surface area contributed by atoms with Gasteiger partial charge >= 0.3 is 0 Å². The topological polar surface area (TPSA) is 62.5 Å². The van der Waals surface area contributed by atoms with Crippen molar-refractivity contribution in [1.82, 2.24) is 0 Å². The molecule has 3 aromatic rings. The summed E-state index contributed by atoms with van der Waals surface area (Å²) in [6.45, 7) is -0.166. The van der Waals surface area contributed by atoms with E-state index in [1.54, 1.807) is 30.3 Å². The number of rotatable bonds is 4. The number of anilines is 1. The minimum absolute atomic E-state index is 0.166. The van der Waals surface area contributed by atoms with Gasteiger partial charge in [0.15, 0.2) is 0 Å². The largest absolute Gasteiger partial charge is 0.459 e. The van der Waals surface area contributed by atoms with E-state index in [0.29, 0.717) is 22.8 Å². The first-order valence-corrected chi connectivity index (χ1v) is 7.02. The predicted octanol–water partition coefficient (Wildman–Crippen LogP) is 3.83. The molecule has 0 spiro atoms. The van der Waals surface area contributed by atoms with Crippen LogP contribution in [0, 0.1) is 5.82 Å². The number of carbonyl (C=O) groups is 1. The molecule has 2 aromatic carbocycles. The molecule has 2 N–H and O–H groups in total. The second-order valence-electron chi connectivity index (χ2n) is 4.97. The van der Waals surface area contributed by atoms with E-state index in [-0.39, 0.29) is 18.3 Å². The minimum atomic E-state index is -0.388. The molecule has 0 aliphatic heterocycles. The lowest BCUT2D eigenvalue weighted by Crippen LogP contribution is -2.11. The van der Waals surface area contributed by atoms with Crippen molar-refractivity contribution in [2.24, 2.45) is 0 Å². The molecule has 1 amide bonds. The third-order valence-corrected chi connectivity index (χ3v) is 3.33. The van der Waals surface area contributed by atoms with Crippen LogP contribution in [0.2, 0.25) is 0 Å². The summed E-state index contributed by atoms with van der Waals surface area (Å²) in [7, 11) is 0. The molecule has 0 unspecified atom stereocenters. The molecule has 1 aromatic heterocycles. The Balaban J connectivity index is 1.79. The number of carbonyl (C=O) groups excluding carboxylic acids is 1. The number of hydrogen-bond donors (Lipinski definition) is 2. The first-order chi connectivity index (χ1) is 11.2. The van der Waals surface area contributed by atoms with Gasteiger partial charge in [0, 0.05) is 16.8 Å². The van der Waals surface area contributed by atoms with Gasteiger partial charge in [-0.1, -0.05) is 12.1 Å². The number of benzene rings is 2. The zero-order valence-electron chi connectivity index (χ0n) is 12.1. The van der Waals surface area contributed by atoms with Crippen molar-refractivity contribution in [3.05, 3.63) is 77.8 Å². The maximum Gasteiger partial charge on any atom is 0.255 e. The average Bonchev–Trinajstić information content (AvgIpc) is 3.05. The van der Waals surface area contributed by atoms with Crippen LogP contribution in [-0.2, 0) is 6.61 Å². The van der Waals surface area contributed by atoms with Crippen LogP contribution in [0.25, 0.3) is 11.3 Å². The zero-order valence-corrected chi connectivity index (χ0v) is 12.1. The van der Waals surface area contributed by atoms with Gasteiger partial charge in [-0.3, -0.25) is 4.79 Å². The highest BCUT2D eigenvalue weighted by Gasteiger charge is 2.08. The Morgan fingerprint density at radius 1 is 1.09 bits per heavy atom. The van der Waals surface area contributed by atoms with Gasteiger partial charge in [0.1, 0.15) is 23.9 Å². The zero-order chi connectivity index (χ0) is 16.2. The normalized spacial score (nSPS) is 10.5. The average molecular weight is 311 g/mol. The van der Waals surface area contributed by atoms with E-state index < -0.39 is 0 Å². The summed E-state index contributed by atoms with van der Waals surface area (Å²) in [5.74, 6) is 0.367. The Bertz CT molecular complexity index is 824. The maximum absolute atomic E-state index is 12.9. The van der Waals surface area contributed by atoms with Gasteiger partial charge in [-0.2, -0.15) is 0 Å². The summed E-state index contributed by atoms with van der Waals surface area (Å²) in [5, 5.41) is 11.8. The Morgan fingerprint density at radius 2 is 1.87 bits per heavy atom. The maximum atomic E-state index is 12.9. The summed E-state index contributed by atoms with van der Waals surface area (Å²) in [5.41, 5.74) is 1.75. The van der Waals surface area contributed by atoms with Gasteiger partial charge in [0.2, 0.25) is 0 Å². The molecule has 1 heterocycles. The van der Waals surface area contributed by atoms with Crippen molar-refractivity contribution in [2.75, 3.05) is 5.32 Å². The van der Waals surface area contributed by atoms with Crippen LogP contribution in [0.5, 0.6) is 0 Å². The molecule has 0 aliphatic rings. The Kier molecular flexibility index (Phi) is 4.21. The second kappa shape index (κ2) is 6.46. The van der Waals surface area contributed by atoms with Crippen molar-refractivity contribution in [2.45, 2.75) is 6.61 Å². The lowest BCUT2D eigenvalue weighted by molar-refractivity contribution is 0.102. The molecule has 0 saturated carbocycles. The van der Waals surface area contributed by atoms with Gasteiger partial charge in [0.05, 0.1) is 0 Å². The number of hydrogen-bond acceptors (Lipinski definition) is 3. The Morgan fingerprint density at radius 3 is 2.57 bits per heavy atom. The molecule has 0 saturated heterocycles. The number of nitrogens with one attached hydrogen (secondary N) is 1. The van der Waals surface area contributed by atoms with E-state index in [9.17, 15) is 9.18 Å². The first kappa shape index (κ1) is 15.0. The number of halogens is 1. The van der Waals surface area contributed by atoms with Crippen molar-refractivity contribution < 1.29 is 18.7 Å². The summed E-state index contributed by atoms with van der Waals surface area (Å²) in [4.78, 5) is 12.1. The van der Waals surface area contributed by atoms with Gasteiger partial charge in [-0.15, -0.1) is 0 Å². The number of amides is 1. The molecule has 23 heavy (non-hydrogen) atoms. The lowest BCUT2D eigenvalue weighted by atomic mass is 10.1. The summed E-state index contributed by atoms with van der Waals surface area (Å²) < 4.78 is 18.4. The van der Waals surface area contributed by atoms with Gasteiger partial charge in [-0.25, -0.2) is 4.39 Å². The molecule has 0 atom stereocenters. The quantitative estimate of drug-likeness (QED) is 0.769. The second-order valence-corrected chi connectivity index (χ2v) is 4.97. The molecule has 0 radical (unpaired) electrons. The standard InChI is InChI=1S/C18H14FNO3/c19-14-6-4-12(5-7-14)18(22)20-15-3-1-2-13(10-15)17-9-8-16(11-21)23-17/h1-10,21H,11H2,(H,20,22). The van der Waals surface area contributed by atoms with Crippen LogP contribution in [0.1, 0.15) is 16.1 Å².